The number of nitrogens with zero attached hydrogens (tertiary/aromatic N) is 2. The van der Waals surface area contributed by atoms with Crippen molar-refractivity contribution in [2.45, 2.75) is 6.54 Å². The van der Waals surface area contributed by atoms with Gasteiger partial charge in [-0.15, -0.1) is 0 Å². The van der Waals surface area contributed by atoms with E-state index in [0.29, 0.717) is 18.1 Å². The molecule has 0 radical (unpaired) electrons. The average Bonchev–Trinajstić information content (AvgIpc) is 3.12. The molecule has 0 aliphatic heterocycles. The van der Waals surface area contributed by atoms with Gasteiger partial charge in [0.2, 0.25) is 5.88 Å². The minimum Gasteiger partial charge on any atom is -0.349 e. The van der Waals surface area contributed by atoms with Crippen LogP contribution in [0.25, 0.3) is 22.4 Å². The Morgan fingerprint density at radius 2 is 1.58 bits per heavy atom. The van der Waals surface area contributed by atoms with Gasteiger partial charge in [-0.25, -0.2) is 4.39 Å². The van der Waals surface area contributed by atoms with Crippen LogP contribution in [0, 0.1) is 5.82 Å². The second kappa shape index (κ2) is 7.19. The lowest BCUT2D eigenvalue weighted by Crippen LogP contribution is -1.99. The van der Waals surface area contributed by atoms with E-state index >= 15 is 0 Å². The molecule has 0 aliphatic carbocycles. The van der Waals surface area contributed by atoms with Gasteiger partial charge >= 0.3 is 0 Å². The maximum absolute atomic E-state index is 13.3. The van der Waals surface area contributed by atoms with Crippen molar-refractivity contribution in [3.63, 3.8) is 0 Å². The molecule has 2 aromatic carbocycles. The van der Waals surface area contributed by atoms with E-state index in [1.165, 1.54) is 12.1 Å². The van der Waals surface area contributed by atoms with Gasteiger partial charge < -0.3 is 9.84 Å². The Morgan fingerprint density at radius 3 is 2.31 bits per heavy atom. The Kier molecular flexibility index (Phi) is 4.43. The number of hydrogen-bond donors (Lipinski definition) is 1. The fourth-order valence-corrected chi connectivity index (χ4v) is 2.78. The highest BCUT2D eigenvalue weighted by Gasteiger charge is 2.19. The van der Waals surface area contributed by atoms with Crippen LogP contribution >= 0.6 is 0 Å². The summed E-state index contributed by atoms with van der Waals surface area (Å²) in [7, 11) is 0. The third-order valence-electron chi connectivity index (χ3n) is 4.07. The number of rotatable bonds is 5. The molecule has 4 aromatic rings. The molecule has 4 nitrogen and oxygen atoms in total. The number of nitrogens with one attached hydrogen (secondary N) is 1. The van der Waals surface area contributed by atoms with E-state index in [4.69, 9.17) is 4.52 Å². The number of anilines is 1. The van der Waals surface area contributed by atoms with Crippen LogP contribution in [0.15, 0.2) is 83.6 Å². The van der Waals surface area contributed by atoms with Crippen molar-refractivity contribution in [1.29, 1.82) is 0 Å². The zero-order valence-electron chi connectivity index (χ0n) is 13.9. The van der Waals surface area contributed by atoms with Crippen molar-refractivity contribution in [2.24, 2.45) is 0 Å². The van der Waals surface area contributed by atoms with Crippen LogP contribution in [-0.2, 0) is 6.54 Å². The van der Waals surface area contributed by atoms with Crippen molar-refractivity contribution in [1.82, 2.24) is 10.1 Å². The Bertz CT molecular complexity index is 983. The Balaban J connectivity index is 1.73. The summed E-state index contributed by atoms with van der Waals surface area (Å²) in [6, 6.07) is 20.0. The minimum atomic E-state index is -0.287. The first-order valence-electron chi connectivity index (χ1n) is 8.25. The summed E-state index contributed by atoms with van der Waals surface area (Å²) in [5.74, 6) is 0.282. The lowest BCUT2D eigenvalue weighted by atomic mass is 10.0. The number of hydrogen-bond acceptors (Lipinski definition) is 4. The molecule has 1 N–H and O–H groups in total. The number of aromatic nitrogens is 2. The molecule has 0 spiro atoms. The zero-order valence-corrected chi connectivity index (χ0v) is 13.9. The van der Waals surface area contributed by atoms with E-state index < -0.39 is 0 Å². The third kappa shape index (κ3) is 3.32. The van der Waals surface area contributed by atoms with Crippen LogP contribution in [0.3, 0.4) is 0 Å². The standard InChI is InChI=1S/C21H16FN3O/c22-18-8-6-17(7-9-18)20-19(16-10-12-23-13-11-16)21(26-25-20)24-14-15-4-2-1-3-5-15/h1-13,24H,14H2. The summed E-state index contributed by atoms with van der Waals surface area (Å²) < 4.78 is 18.9. The minimum absolute atomic E-state index is 0.287. The van der Waals surface area contributed by atoms with E-state index in [9.17, 15) is 4.39 Å². The summed E-state index contributed by atoms with van der Waals surface area (Å²) in [6.07, 6.45) is 3.44. The topological polar surface area (TPSA) is 51.0 Å². The maximum atomic E-state index is 13.3. The molecule has 0 saturated carbocycles. The highest BCUT2D eigenvalue weighted by atomic mass is 19.1. The predicted molar refractivity (Wildman–Crippen MR) is 98.9 cm³/mol. The summed E-state index contributed by atoms with van der Waals surface area (Å²) in [5.41, 5.74) is 4.33. The van der Waals surface area contributed by atoms with Crippen LogP contribution in [-0.4, -0.2) is 10.1 Å². The largest absolute Gasteiger partial charge is 0.349 e. The second-order valence-corrected chi connectivity index (χ2v) is 5.82. The SMILES string of the molecule is Fc1ccc(-c2noc(NCc3ccccc3)c2-c2ccncc2)cc1. The molecule has 5 heteroatoms. The molecule has 0 fully saturated rings. The molecule has 128 valence electrons. The third-order valence-corrected chi connectivity index (χ3v) is 4.07. The quantitative estimate of drug-likeness (QED) is 0.543. The molecule has 0 unspecified atom stereocenters. The molecule has 0 atom stereocenters. The average molecular weight is 345 g/mol. The Morgan fingerprint density at radius 1 is 0.846 bits per heavy atom. The van der Waals surface area contributed by atoms with Gasteiger partial charge in [-0.2, -0.15) is 0 Å². The van der Waals surface area contributed by atoms with Gasteiger partial charge in [-0.3, -0.25) is 4.98 Å². The van der Waals surface area contributed by atoms with Crippen LogP contribution in [0.4, 0.5) is 10.3 Å². The van der Waals surface area contributed by atoms with Gasteiger partial charge in [0.15, 0.2) is 0 Å². The first-order chi connectivity index (χ1) is 12.8. The number of pyridine rings is 1. The van der Waals surface area contributed by atoms with Gasteiger partial charge in [-0.1, -0.05) is 35.5 Å². The number of halogens is 1. The fraction of sp³-hybridized carbons (Fsp3) is 0.0476. The monoisotopic (exact) mass is 345 g/mol. The molecule has 0 bridgehead atoms. The van der Waals surface area contributed by atoms with Crippen molar-refractivity contribution >= 4 is 5.88 Å². The first-order valence-corrected chi connectivity index (χ1v) is 8.25. The molecule has 26 heavy (non-hydrogen) atoms. The Labute approximate surface area is 150 Å². The maximum Gasteiger partial charge on any atom is 0.233 e. The van der Waals surface area contributed by atoms with E-state index in [1.54, 1.807) is 24.5 Å². The van der Waals surface area contributed by atoms with Crippen molar-refractivity contribution in [3.8, 4) is 22.4 Å². The van der Waals surface area contributed by atoms with Gasteiger partial charge in [0, 0.05) is 24.5 Å². The molecule has 0 saturated heterocycles. The van der Waals surface area contributed by atoms with Crippen molar-refractivity contribution < 1.29 is 8.91 Å². The van der Waals surface area contributed by atoms with Gasteiger partial charge in [0.05, 0.1) is 5.56 Å². The lowest BCUT2D eigenvalue weighted by molar-refractivity contribution is 0.434. The van der Waals surface area contributed by atoms with Crippen LogP contribution in [0.5, 0.6) is 0 Å². The van der Waals surface area contributed by atoms with Crippen LogP contribution in [0.1, 0.15) is 5.56 Å². The highest BCUT2D eigenvalue weighted by Crippen LogP contribution is 2.37. The van der Waals surface area contributed by atoms with Crippen molar-refractivity contribution in [2.75, 3.05) is 5.32 Å². The van der Waals surface area contributed by atoms with Crippen molar-refractivity contribution in [3.05, 3.63) is 90.5 Å². The number of benzene rings is 2. The molecule has 0 aliphatic rings. The van der Waals surface area contributed by atoms with Gasteiger partial charge in [-0.05, 0) is 47.5 Å². The van der Waals surface area contributed by atoms with E-state index in [2.05, 4.69) is 15.5 Å². The normalized spacial score (nSPS) is 10.7. The fourth-order valence-electron chi connectivity index (χ4n) is 2.78. The van der Waals surface area contributed by atoms with Crippen LogP contribution < -0.4 is 5.32 Å². The summed E-state index contributed by atoms with van der Waals surface area (Å²) >= 11 is 0. The molecular formula is C21H16FN3O. The second-order valence-electron chi connectivity index (χ2n) is 5.82. The van der Waals surface area contributed by atoms with Gasteiger partial charge in [0.1, 0.15) is 11.5 Å². The highest BCUT2D eigenvalue weighted by molar-refractivity contribution is 5.87. The molecule has 0 amide bonds. The smallest absolute Gasteiger partial charge is 0.233 e. The predicted octanol–water partition coefficient (Wildman–Crippen LogP) is 5.15. The molecule has 2 aromatic heterocycles. The Hall–Kier alpha value is -3.47. The summed E-state index contributed by atoms with van der Waals surface area (Å²) in [6.45, 7) is 0.608. The van der Waals surface area contributed by atoms with Gasteiger partial charge in [0.25, 0.3) is 0 Å². The van der Waals surface area contributed by atoms with E-state index in [0.717, 1.165) is 22.3 Å². The first kappa shape index (κ1) is 16.0. The summed E-state index contributed by atoms with van der Waals surface area (Å²) in [5, 5.41) is 7.53. The summed E-state index contributed by atoms with van der Waals surface area (Å²) in [4.78, 5) is 4.07. The lowest BCUT2D eigenvalue weighted by Gasteiger charge is -2.07. The van der Waals surface area contributed by atoms with E-state index in [1.807, 2.05) is 42.5 Å². The zero-order chi connectivity index (χ0) is 17.8. The molecule has 2 heterocycles. The molecular weight excluding hydrogens is 329 g/mol. The molecule has 4 rings (SSSR count). The van der Waals surface area contributed by atoms with Crippen LogP contribution in [0.2, 0.25) is 0 Å². The van der Waals surface area contributed by atoms with E-state index in [-0.39, 0.29) is 5.82 Å².